The van der Waals surface area contributed by atoms with Crippen LogP contribution in [0.2, 0.25) is 0 Å². The van der Waals surface area contributed by atoms with Gasteiger partial charge < -0.3 is 14.2 Å². The van der Waals surface area contributed by atoms with Crippen molar-refractivity contribution >= 4 is 5.97 Å². The number of esters is 1. The summed E-state index contributed by atoms with van der Waals surface area (Å²) in [6, 6.07) is 5.40. The Balaban J connectivity index is 2.05. The molecular weight excluding hydrogens is 246 g/mol. The molecule has 0 spiro atoms. The predicted molar refractivity (Wildman–Crippen MR) is 70.0 cm³/mol. The monoisotopic (exact) mass is 265 g/mol. The van der Waals surface area contributed by atoms with Crippen molar-refractivity contribution in [2.75, 3.05) is 13.9 Å². The smallest absolute Gasteiger partial charge is 0.323 e. The van der Waals surface area contributed by atoms with Gasteiger partial charge >= 0.3 is 5.97 Å². The van der Waals surface area contributed by atoms with Crippen molar-refractivity contribution < 1.29 is 19.0 Å². The highest BCUT2D eigenvalue weighted by molar-refractivity contribution is 5.75. The molecule has 1 aromatic carbocycles. The highest BCUT2D eigenvalue weighted by Gasteiger charge is 2.24. The van der Waals surface area contributed by atoms with Gasteiger partial charge in [0.1, 0.15) is 6.04 Å². The van der Waals surface area contributed by atoms with E-state index in [4.69, 9.17) is 14.2 Å². The van der Waals surface area contributed by atoms with Gasteiger partial charge in [-0.2, -0.15) is 0 Å². The molecule has 0 saturated carbocycles. The minimum atomic E-state index is -0.330. The lowest BCUT2D eigenvalue weighted by molar-refractivity contribution is -0.144. The fourth-order valence-corrected chi connectivity index (χ4v) is 2.07. The van der Waals surface area contributed by atoms with Crippen LogP contribution < -0.4 is 14.8 Å². The van der Waals surface area contributed by atoms with Crippen molar-refractivity contribution in [1.29, 1.82) is 0 Å². The van der Waals surface area contributed by atoms with Crippen LogP contribution >= 0.6 is 0 Å². The van der Waals surface area contributed by atoms with Crippen LogP contribution in [0.5, 0.6) is 11.5 Å². The van der Waals surface area contributed by atoms with Crippen molar-refractivity contribution in [1.82, 2.24) is 5.32 Å². The van der Waals surface area contributed by atoms with Crippen LogP contribution in [0.3, 0.4) is 0 Å². The third-order valence-electron chi connectivity index (χ3n) is 3.11. The second-order valence-electron chi connectivity index (χ2n) is 4.78. The maximum atomic E-state index is 11.7. The first-order valence-electron chi connectivity index (χ1n) is 6.32. The summed E-state index contributed by atoms with van der Waals surface area (Å²) in [5, 5.41) is 3.21. The molecule has 0 saturated heterocycles. The predicted octanol–water partition coefficient (Wildman–Crippen LogP) is 1.70. The van der Waals surface area contributed by atoms with E-state index in [1.54, 1.807) is 0 Å². The number of nitrogens with one attached hydrogen (secondary N) is 1. The number of ether oxygens (including phenoxy) is 3. The summed E-state index contributed by atoms with van der Waals surface area (Å²) < 4.78 is 15.5. The van der Waals surface area contributed by atoms with Crippen molar-refractivity contribution in [2.24, 2.45) is 5.92 Å². The van der Waals surface area contributed by atoms with E-state index in [2.05, 4.69) is 5.32 Å². The average molecular weight is 265 g/mol. The first-order valence-corrected chi connectivity index (χ1v) is 6.32. The van der Waals surface area contributed by atoms with Crippen LogP contribution in [-0.2, 0) is 16.1 Å². The van der Waals surface area contributed by atoms with Crippen LogP contribution in [0.25, 0.3) is 0 Å². The van der Waals surface area contributed by atoms with Gasteiger partial charge in [-0.15, -0.1) is 0 Å². The topological polar surface area (TPSA) is 56.8 Å². The average Bonchev–Trinajstić information content (AvgIpc) is 2.87. The van der Waals surface area contributed by atoms with Crippen molar-refractivity contribution in [2.45, 2.75) is 26.4 Å². The van der Waals surface area contributed by atoms with Crippen LogP contribution in [-0.4, -0.2) is 25.9 Å². The van der Waals surface area contributed by atoms with Crippen LogP contribution in [0.15, 0.2) is 18.2 Å². The van der Waals surface area contributed by atoms with Gasteiger partial charge in [0.25, 0.3) is 0 Å². The van der Waals surface area contributed by atoms with Crippen molar-refractivity contribution in [3.63, 3.8) is 0 Å². The summed E-state index contributed by atoms with van der Waals surface area (Å²) in [6.07, 6.45) is 0. The lowest BCUT2D eigenvalue weighted by Gasteiger charge is -2.20. The van der Waals surface area contributed by atoms with Crippen LogP contribution in [0.1, 0.15) is 19.4 Å². The summed E-state index contributed by atoms with van der Waals surface area (Å²) in [7, 11) is 1.40. The van der Waals surface area contributed by atoms with E-state index in [9.17, 15) is 4.79 Å². The molecule has 1 aliphatic rings. The summed E-state index contributed by atoms with van der Waals surface area (Å²) in [4.78, 5) is 11.7. The fourth-order valence-electron chi connectivity index (χ4n) is 2.07. The Labute approximate surface area is 112 Å². The molecule has 2 rings (SSSR count). The molecule has 1 aliphatic heterocycles. The molecule has 104 valence electrons. The number of para-hydroxylation sites is 1. The lowest BCUT2D eigenvalue weighted by Crippen LogP contribution is -2.41. The zero-order valence-electron chi connectivity index (χ0n) is 11.4. The number of hydrogen-bond donors (Lipinski definition) is 1. The number of rotatable bonds is 5. The number of carbonyl (C=O) groups excluding carboxylic acids is 1. The van der Waals surface area contributed by atoms with E-state index in [0.29, 0.717) is 6.54 Å². The number of carbonyl (C=O) groups is 1. The summed E-state index contributed by atoms with van der Waals surface area (Å²) in [5.74, 6) is 1.40. The molecule has 0 bridgehead atoms. The fraction of sp³-hybridized carbons (Fsp3) is 0.500. The second kappa shape index (κ2) is 5.93. The molecular formula is C14H19NO4. The third kappa shape index (κ3) is 2.98. The van der Waals surface area contributed by atoms with E-state index < -0.39 is 0 Å². The van der Waals surface area contributed by atoms with Gasteiger partial charge in [-0.1, -0.05) is 26.0 Å². The Morgan fingerprint density at radius 2 is 2.21 bits per heavy atom. The number of hydrogen-bond acceptors (Lipinski definition) is 5. The Hall–Kier alpha value is -1.75. The maximum Gasteiger partial charge on any atom is 0.323 e. The second-order valence-corrected chi connectivity index (χ2v) is 4.78. The standard InChI is InChI=1S/C14H19NO4/c1-9(2)12(14(16)17-3)15-7-10-5-4-6-11-13(10)19-8-18-11/h4-6,9,12,15H,7-8H2,1-3H3. The van der Waals surface area contributed by atoms with Crippen molar-refractivity contribution in [3.8, 4) is 11.5 Å². The summed E-state index contributed by atoms with van der Waals surface area (Å²) in [5.41, 5.74) is 0.976. The number of benzene rings is 1. The van der Waals surface area contributed by atoms with Crippen LogP contribution in [0.4, 0.5) is 0 Å². The first-order chi connectivity index (χ1) is 9.13. The lowest BCUT2D eigenvalue weighted by atomic mass is 10.0. The first kappa shape index (κ1) is 13.7. The molecule has 19 heavy (non-hydrogen) atoms. The van der Waals surface area contributed by atoms with Gasteiger partial charge in [0.2, 0.25) is 6.79 Å². The van der Waals surface area contributed by atoms with E-state index >= 15 is 0 Å². The largest absolute Gasteiger partial charge is 0.468 e. The molecule has 0 radical (unpaired) electrons. The van der Waals surface area contributed by atoms with Gasteiger partial charge in [0.05, 0.1) is 7.11 Å². The normalized spacial score (nSPS) is 14.5. The maximum absolute atomic E-state index is 11.7. The highest BCUT2D eigenvalue weighted by Crippen LogP contribution is 2.35. The molecule has 1 N–H and O–H groups in total. The molecule has 0 fully saturated rings. The molecule has 0 amide bonds. The number of fused-ring (bicyclic) bond motifs is 1. The third-order valence-corrected chi connectivity index (χ3v) is 3.11. The van der Waals surface area contributed by atoms with E-state index in [0.717, 1.165) is 17.1 Å². The molecule has 0 aliphatic carbocycles. The Kier molecular flexibility index (Phi) is 4.27. The SMILES string of the molecule is COC(=O)C(NCc1cccc2c1OCO2)C(C)C. The van der Waals surface area contributed by atoms with Gasteiger partial charge in [0, 0.05) is 12.1 Å². The summed E-state index contributed by atoms with van der Waals surface area (Å²) in [6.45, 7) is 4.73. The Morgan fingerprint density at radius 3 is 2.89 bits per heavy atom. The Morgan fingerprint density at radius 1 is 1.42 bits per heavy atom. The zero-order valence-corrected chi connectivity index (χ0v) is 11.4. The quantitative estimate of drug-likeness (QED) is 0.821. The van der Waals surface area contributed by atoms with E-state index in [1.165, 1.54) is 7.11 Å². The zero-order chi connectivity index (χ0) is 13.8. The van der Waals surface area contributed by atoms with Gasteiger partial charge in [-0.25, -0.2) is 0 Å². The molecule has 0 aromatic heterocycles. The minimum absolute atomic E-state index is 0.154. The molecule has 1 atom stereocenters. The molecule has 5 heteroatoms. The van der Waals surface area contributed by atoms with Gasteiger partial charge in [0.15, 0.2) is 11.5 Å². The highest BCUT2D eigenvalue weighted by atomic mass is 16.7. The van der Waals surface area contributed by atoms with E-state index in [1.807, 2.05) is 32.0 Å². The van der Waals surface area contributed by atoms with Crippen molar-refractivity contribution in [3.05, 3.63) is 23.8 Å². The van der Waals surface area contributed by atoms with Gasteiger partial charge in [-0.05, 0) is 12.0 Å². The number of methoxy groups -OCH3 is 1. The van der Waals surface area contributed by atoms with Gasteiger partial charge in [-0.3, -0.25) is 10.1 Å². The Bertz CT molecular complexity index is 459. The molecule has 5 nitrogen and oxygen atoms in total. The molecule has 1 aromatic rings. The van der Waals surface area contributed by atoms with E-state index in [-0.39, 0.29) is 24.7 Å². The summed E-state index contributed by atoms with van der Waals surface area (Å²) >= 11 is 0. The molecule has 1 unspecified atom stereocenters. The minimum Gasteiger partial charge on any atom is -0.468 e. The molecule has 1 heterocycles. The van der Waals surface area contributed by atoms with Crippen LogP contribution in [0, 0.1) is 5.92 Å².